The van der Waals surface area contributed by atoms with E-state index in [0.29, 0.717) is 10.9 Å². The minimum absolute atomic E-state index is 0.0553. The van der Waals surface area contributed by atoms with E-state index >= 15 is 0 Å². The van der Waals surface area contributed by atoms with Gasteiger partial charge in [-0.2, -0.15) is 0 Å². The first-order valence-electron chi connectivity index (χ1n) is 9.10. The number of ether oxygens (including phenoxy) is 1. The van der Waals surface area contributed by atoms with Gasteiger partial charge in [0.1, 0.15) is 23.9 Å². The van der Waals surface area contributed by atoms with E-state index in [1.54, 1.807) is 6.92 Å². The molecule has 0 bridgehead atoms. The van der Waals surface area contributed by atoms with E-state index in [9.17, 15) is 35.1 Å². The number of aliphatic hydroxyl groups excluding tert-OH is 4. The highest BCUT2D eigenvalue weighted by Crippen LogP contribution is 2.42. The number of fused-ring (bicyclic) bond motifs is 1. The highest BCUT2D eigenvalue weighted by atomic mass is 16.7. The molecule has 1 fully saturated rings. The molecule has 7 atom stereocenters. The monoisotopic (exact) mass is 425 g/mol. The van der Waals surface area contributed by atoms with E-state index in [2.05, 4.69) is 0 Å². The molecule has 3 rings (SSSR count). The normalized spacial score (nSPS) is 31.4. The van der Waals surface area contributed by atoms with Crippen LogP contribution in [0.5, 0.6) is 0 Å². The van der Waals surface area contributed by atoms with Crippen molar-refractivity contribution >= 4 is 16.9 Å². The Morgan fingerprint density at radius 3 is 2.57 bits per heavy atom. The summed E-state index contributed by atoms with van der Waals surface area (Å²) in [6.45, 7) is 0.793. The second kappa shape index (κ2) is 8.04. The van der Waals surface area contributed by atoms with Crippen LogP contribution in [-0.2, 0) is 9.53 Å². The van der Waals surface area contributed by atoms with Crippen LogP contribution in [0.2, 0.25) is 0 Å². The van der Waals surface area contributed by atoms with Gasteiger partial charge in [-0.3, -0.25) is 0 Å². The molecule has 8 N–H and O–H groups in total. The molecule has 0 radical (unpaired) electrons. The lowest BCUT2D eigenvalue weighted by atomic mass is 9.77. The first-order chi connectivity index (χ1) is 14.0. The van der Waals surface area contributed by atoms with Crippen LogP contribution in [0.3, 0.4) is 0 Å². The number of aryl methyl sites for hydroxylation is 1. The molecule has 0 aliphatic carbocycles. The van der Waals surface area contributed by atoms with E-state index < -0.39 is 60.4 Å². The van der Waals surface area contributed by atoms with Crippen LogP contribution in [0.4, 0.5) is 0 Å². The Hall–Kier alpha value is -2.38. The van der Waals surface area contributed by atoms with Crippen LogP contribution in [0.1, 0.15) is 17.0 Å². The van der Waals surface area contributed by atoms with Crippen molar-refractivity contribution in [2.75, 3.05) is 6.61 Å². The molecule has 2 aromatic rings. The fraction of sp³-hybridized carbons (Fsp3) is 0.474. The van der Waals surface area contributed by atoms with Crippen LogP contribution >= 0.6 is 0 Å². The summed E-state index contributed by atoms with van der Waals surface area (Å²) < 4.78 is 10.3. The summed E-state index contributed by atoms with van der Waals surface area (Å²) in [6, 6.07) is 4.08. The summed E-state index contributed by atoms with van der Waals surface area (Å²) >= 11 is 0. The van der Waals surface area contributed by atoms with Crippen LogP contribution in [0, 0.1) is 6.92 Å². The van der Waals surface area contributed by atoms with Crippen LogP contribution in [0.15, 0.2) is 33.5 Å². The molecule has 11 heteroatoms. The van der Waals surface area contributed by atoms with Gasteiger partial charge in [-0.25, -0.2) is 9.59 Å². The number of rotatable bonds is 5. The molecular formula is C19H23NO10. The van der Waals surface area contributed by atoms with E-state index in [4.69, 9.17) is 20.0 Å². The van der Waals surface area contributed by atoms with Gasteiger partial charge < -0.3 is 45.5 Å². The number of hydrogen-bond acceptors (Lipinski definition) is 10. The third-order valence-electron chi connectivity index (χ3n) is 5.41. The van der Waals surface area contributed by atoms with Gasteiger partial charge in [0.15, 0.2) is 0 Å². The summed E-state index contributed by atoms with van der Waals surface area (Å²) in [7, 11) is 0. The summed E-state index contributed by atoms with van der Waals surface area (Å²) in [4.78, 5) is 23.6. The van der Waals surface area contributed by atoms with Crippen molar-refractivity contribution in [2.24, 2.45) is 5.73 Å². The zero-order chi connectivity index (χ0) is 22.4. The molecule has 1 aliphatic rings. The van der Waals surface area contributed by atoms with Crippen molar-refractivity contribution < 1.29 is 44.6 Å². The number of aliphatic carboxylic acids is 1. The second-order valence-electron chi connectivity index (χ2n) is 7.37. The van der Waals surface area contributed by atoms with Gasteiger partial charge in [0.05, 0.1) is 24.7 Å². The highest BCUT2D eigenvalue weighted by molar-refractivity contribution is 5.82. The van der Waals surface area contributed by atoms with E-state index in [1.807, 2.05) is 0 Å². The molecule has 164 valence electrons. The number of benzene rings is 1. The molecule has 1 saturated heterocycles. The zero-order valence-electron chi connectivity index (χ0n) is 15.9. The number of aliphatic hydroxyl groups is 5. The van der Waals surface area contributed by atoms with Crippen molar-refractivity contribution in [1.82, 2.24) is 0 Å². The Morgan fingerprint density at radius 1 is 1.30 bits per heavy atom. The lowest BCUT2D eigenvalue weighted by molar-refractivity contribution is -0.302. The Bertz CT molecular complexity index is 1010. The van der Waals surface area contributed by atoms with Gasteiger partial charge in [-0.1, -0.05) is 12.1 Å². The van der Waals surface area contributed by atoms with Crippen molar-refractivity contribution in [2.45, 2.75) is 49.1 Å². The first-order valence-corrected chi connectivity index (χ1v) is 9.10. The summed E-state index contributed by atoms with van der Waals surface area (Å²) in [6.07, 6.45) is -7.09. The Morgan fingerprint density at radius 2 is 1.97 bits per heavy atom. The maximum Gasteiger partial charge on any atom is 0.365 e. The average Bonchev–Trinajstić information content (AvgIpc) is 2.69. The van der Waals surface area contributed by atoms with Crippen LogP contribution in [-0.4, -0.2) is 79.5 Å². The molecule has 2 unspecified atom stereocenters. The quantitative estimate of drug-likeness (QED) is 0.255. The molecule has 2 heterocycles. The summed E-state index contributed by atoms with van der Waals surface area (Å²) in [5.74, 6) is -6.55. The van der Waals surface area contributed by atoms with Crippen molar-refractivity contribution in [3.63, 3.8) is 0 Å². The minimum atomic E-state index is -3.05. The fourth-order valence-corrected chi connectivity index (χ4v) is 3.77. The topological polar surface area (TPSA) is 204 Å². The Labute approximate surface area is 169 Å². The van der Waals surface area contributed by atoms with Crippen LogP contribution < -0.4 is 11.4 Å². The number of carbonyl (C=O) groups is 1. The Kier molecular flexibility index (Phi) is 5.98. The predicted molar refractivity (Wildman–Crippen MR) is 101 cm³/mol. The SMILES string of the molecule is Cc1cc(=O)oc2cc(C3[C@H](O)[C@@H](N)[C@H]([C@H](O)[C@H](O)CO)OC3(O)C(=O)O)ccc12. The van der Waals surface area contributed by atoms with E-state index in [0.717, 1.165) is 0 Å². The maximum absolute atomic E-state index is 11.9. The lowest BCUT2D eigenvalue weighted by Gasteiger charge is -2.48. The third-order valence-corrected chi connectivity index (χ3v) is 5.41. The predicted octanol–water partition coefficient (Wildman–Crippen LogP) is -2.24. The molecule has 0 saturated carbocycles. The van der Waals surface area contributed by atoms with E-state index in [1.165, 1.54) is 24.3 Å². The summed E-state index contributed by atoms with van der Waals surface area (Å²) in [5.41, 5.74) is 6.05. The van der Waals surface area contributed by atoms with Gasteiger partial charge in [0.25, 0.3) is 5.79 Å². The molecule has 1 aliphatic heterocycles. The van der Waals surface area contributed by atoms with Crippen LogP contribution in [0.25, 0.3) is 11.0 Å². The van der Waals surface area contributed by atoms with Gasteiger partial charge in [-0.15, -0.1) is 0 Å². The van der Waals surface area contributed by atoms with Gasteiger partial charge in [0, 0.05) is 11.5 Å². The smallest absolute Gasteiger partial charge is 0.365 e. The number of nitrogens with two attached hydrogens (primary N) is 1. The molecule has 11 nitrogen and oxygen atoms in total. The van der Waals surface area contributed by atoms with Gasteiger partial charge in [0.2, 0.25) is 0 Å². The Balaban J connectivity index is 2.10. The molecule has 1 aromatic heterocycles. The van der Waals surface area contributed by atoms with Gasteiger partial charge in [-0.05, 0) is 24.1 Å². The average molecular weight is 425 g/mol. The minimum Gasteiger partial charge on any atom is -0.477 e. The number of carboxylic acids is 1. The van der Waals surface area contributed by atoms with Crippen molar-refractivity contribution in [3.8, 4) is 0 Å². The molecule has 0 amide bonds. The standard InChI is InChI=1S/C19H23NO10/c1-7-4-12(23)29-11-5-8(2-3-9(7)11)13-16(25)14(20)17(15(24)10(22)6-21)30-19(13,28)18(26)27/h2-5,10,13-17,21-22,24-25,28H,6,20H2,1H3,(H,26,27)/t10-,13?,14-,15-,16+,17-,19?/m1/s1. The molecule has 30 heavy (non-hydrogen) atoms. The molecular weight excluding hydrogens is 402 g/mol. The maximum atomic E-state index is 11.9. The molecule has 0 spiro atoms. The third kappa shape index (κ3) is 3.61. The summed E-state index contributed by atoms with van der Waals surface area (Å²) in [5, 5.41) is 60.6. The lowest BCUT2D eigenvalue weighted by Crippen LogP contribution is -2.69. The number of hydrogen-bond donors (Lipinski definition) is 7. The van der Waals surface area contributed by atoms with Crippen molar-refractivity contribution in [3.05, 3.63) is 45.8 Å². The van der Waals surface area contributed by atoms with Gasteiger partial charge >= 0.3 is 11.6 Å². The highest BCUT2D eigenvalue weighted by Gasteiger charge is 2.59. The van der Waals surface area contributed by atoms with Crippen molar-refractivity contribution in [1.29, 1.82) is 0 Å². The van der Waals surface area contributed by atoms with E-state index in [-0.39, 0.29) is 11.1 Å². The second-order valence-corrected chi connectivity index (χ2v) is 7.37. The zero-order valence-corrected chi connectivity index (χ0v) is 15.9. The largest absolute Gasteiger partial charge is 0.477 e. The molecule has 1 aromatic carbocycles. The number of carboxylic acid groups (broad SMARTS) is 1. The first kappa shape index (κ1) is 22.3. The fourth-order valence-electron chi connectivity index (χ4n) is 3.77.